The van der Waals surface area contributed by atoms with Gasteiger partial charge in [-0.05, 0) is 36.7 Å². The largest absolute Gasteiger partial charge is 0.419 e. The fourth-order valence-electron chi connectivity index (χ4n) is 2.22. The Morgan fingerprint density at radius 1 is 1.26 bits per heavy atom. The lowest BCUT2D eigenvalue weighted by Gasteiger charge is -2.05. The number of benzene rings is 1. The van der Waals surface area contributed by atoms with E-state index < -0.39 is 0 Å². The fraction of sp³-hybridized carbons (Fsp3) is 0.429. The molecule has 2 aromatic rings. The first-order valence-corrected chi connectivity index (χ1v) is 6.54. The second kappa shape index (κ2) is 5.11. The second-order valence-electron chi connectivity index (χ2n) is 4.70. The van der Waals surface area contributed by atoms with Gasteiger partial charge in [-0.3, -0.25) is 0 Å². The first kappa shape index (κ1) is 12.3. The van der Waals surface area contributed by atoms with Crippen molar-refractivity contribution in [1.82, 2.24) is 15.5 Å². The van der Waals surface area contributed by atoms with E-state index >= 15 is 0 Å². The minimum atomic E-state index is 0.0732. The van der Waals surface area contributed by atoms with Crippen LogP contribution in [0.5, 0.6) is 0 Å². The van der Waals surface area contributed by atoms with Crippen LogP contribution in [0.2, 0.25) is 0 Å². The molecule has 5 heteroatoms. The van der Waals surface area contributed by atoms with Gasteiger partial charge in [0.1, 0.15) is 0 Å². The number of ether oxygens (including phenoxy) is 1. The third-order valence-corrected chi connectivity index (χ3v) is 3.29. The van der Waals surface area contributed by atoms with Crippen LogP contribution in [0.1, 0.15) is 36.9 Å². The van der Waals surface area contributed by atoms with Crippen molar-refractivity contribution in [3.8, 4) is 11.5 Å². The maximum absolute atomic E-state index is 5.72. The number of hydrogen-bond acceptors (Lipinski definition) is 5. The van der Waals surface area contributed by atoms with Crippen molar-refractivity contribution in [3.63, 3.8) is 0 Å². The third kappa shape index (κ3) is 2.39. The fourth-order valence-corrected chi connectivity index (χ4v) is 2.22. The summed E-state index contributed by atoms with van der Waals surface area (Å²) in [6.45, 7) is 6.29. The van der Waals surface area contributed by atoms with Crippen molar-refractivity contribution in [2.75, 3.05) is 6.54 Å². The maximum Gasteiger partial charge on any atom is 0.247 e. The van der Waals surface area contributed by atoms with Gasteiger partial charge in [0.15, 0.2) is 0 Å². The monoisotopic (exact) mass is 259 g/mol. The number of nitrogens with zero attached hydrogens (tertiary/aromatic N) is 2. The summed E-state index contributed by atoms with van der Waals surface area (Å²) >= 11 is 0. The van der Waals surface area contributed by atoms with Crippen LogP contribution in [0.4, 0.5) is 0 Å². The average Bonchev–Trinajstić information content (AvgIpc) is 3.07. The molecule has 0 bridgehead atoms. The van der Waals surface area contributed by atoms with Crippen LogP contribution >= 0.6 is 0 Å². The van der Waals surface area contributed by atoms with E-state index in [0.717, 1.165) is 12.1 Å². The molecule has 19 heavy (non-hydrogen) atoms. The average molecular weight is 259 g/mol. The predicted octanol–water partition coefficient (Wildman–Crippen LogP) is 2.44. The van der Waals surface area contributed by atoms with E-state index in [0.29, 0.717) is 25.0 Å². The molecular weight excluding hydrogens is 242 g/mol. The summed E-state index contributed by atoms with van der Waals surface area (Å²) in [5.41, 5.74) is 3.40. The molecule has 5 nitrogen and oxygen atoms in total. The molecule has 0 radical (unpaired) electrons. The minimum Gasteiger partial charge on any atom is -0.419 e. The van der Waals surface area contributed by atoms with Gasteiger partial charge in [0.05, 0.1) is 19.3 Å². The molecule has 1 atom stereocenters. The van der Waals surface area contributed by atoms with E-state index in [2.05, 4.69) is 27.6 Å². The van der Waals surface area contributed by atoms with Gasteiger partial charge < -0.3 is 14.5 Å². The summed E-state index contributed by atoms with van der Waals surface area (Å²) in [5.74, 6) is 1.18. The zero-order valence-corrected chi connectivity index (χ0v) is 11.1. The summed E-state index contributed by atoms with van der Waals surface area (Å²) in [5, 5.41) is 11.5. The molecule has 1 unspecified atom stereocenters. The van der Waals surface area contributed by atoms with Gasteiger partial charge in [0.25, 0.3) is 0 Å². The SMILES string of the molecule is CCNC(C)c1nnc(-c2ccc3c(c2)COC3)o1. The number of nitrogens with one attached hydrogen (secondary N) is 1. The highest BCUT2D eigenvalue weighted by Crippen LogP contribution is 2.27. The summed E-state index contributed by atoms with van der Waals surface area (Å²) in [7, 11) is 0. The predicted molar refractivity (Wildman–Crippen MR) is 70.3 cm³/mol. The van der Waals surface area contributed by atoms with E-state index in [-0.39, 0.29) is 6.04 Å². The zero-order valence-electron chi connectivity index (χ0n) is 11.1. The summed E-state index contributed by atoms with van der Waals surface area (Å²) in [6, 6.07) is 6.21. The molecule has 0 amide bonds. The highest BCUT2D eigenvalue weighted by molar-refractivity contribution is 5.55. The number of aromatic nitrogens is 2. The van der Waals surface area contributed by atoms with Gasteiger partial charge in [0.2, 0.25) is 11.8 Å². The van der Waals surface area contributed by atoms with Crippen molar-refractivity contribution in [1.29, 1.82) is 0 Å². The lowest BCUT2D eigenvalue weighted by atomic mass is 10.1. The number of fused-ring (bicyclic) bond motifs is 1. The molecule has 1 aromatic heterocycles. The summed E-state index contributed by atoms with van der Waals surface area (Å²) in [4.78, 5) is 0. The van der Waals surface area contributed by atoms with E-state index in [1.807, 2.05) is 19.9 Å². The van der Waals surface area contributed by atoms with Crippen molar-refractivity contribution in [3.05, 3.63) is 35.2 Å². The Labute approximate surface area is 112 Å². The summed E-state index contributed by atoms with van der Waals surface area (Å²) in [6.07, 6.45) is 0. The Balaban J connectivity index is 1.86. The summed E-state index contributed by atoms with van der Waals surface area (Å²) < 4.78 is 11.1. The maximum atomic E-state index is 5.72. The standard InChI is InChI=1S/C14H17N3O2/c1-3-15-9(2)13-16-17-14(19-13)10-4-5-11-7-18-8-12(11)6-10/h4-6,9,15H,3,7-8H2,1-2H3. The van der Waals surface area contributed by atoms with Crippen molar-refractivity contribution < 1.29 is 9.15 Å². The molecule has 1 aromatic carbocycles. The first-order chi connectivity index (χ1) is 9.28. The first-order valence-electron chi connectivity index (χ1n) is 6.54. The van der Waals surface area contributed by atoms with Crippen LogP contribution in [0.3, 0.4) is 0 Å². The smallest absolute Gasteiger partial charge is 0.247 e. The normalized spacial score (nSPS) is 15.5. The molecule has 100 valence electrons. The quantitative estimate of drug-likeness (QED) is 0.913. The van der Waals surface area contributed by atoms with Crippen LogP contribution < -0.4 is 5.32 Å². The van der Waals surface area contributed by atoms with Crippen LogP contribution in [0.15, 0.2) is 22.6 Å². The lowest BCUT2D eigenvalue weighted by Crippen LogP contribution is -2.17. The molecule has 1 aliphatic rings. The number of hydrogen-bond donors (Lipinski definition) is 1. The molecule has 1 aliphatic heterocycles. The van der Waals surface area contributed by atoms with Crippen molar-refractivity contribution in [2.24, 2.45) is 0 Å². The van der Waals surface area contributed by atoms with Crippen LogP contribution in [-0.2, 0) is 18.0 Å². The van der Waals surface area contributed by atoms with Gasteiger partial charge in [-0.15, -0.1) is 10.2 Å². The molecule has 0 saturated carbocycles. The van der Waals surface area contributed by atoms with Gasteiger partial charge in [-0.2, -0.15) is 0 Å². The molecule has 2 heterocycles. The molecular formula is C14H17N3O2. The molecule has 0 fully saturated rings. The van der Waals surface area contributed by atoms with E-state index in [9.17, 15) is 0 Å². The van der Waals surface area contributed by atoms with Gasteiger partial charge in [0, 0.05) is 5.56 Å². The Morgan fingerprint density at radius 3 is 2.95 bits per heavy atom. The topological polar surface area (TPSA) is 60.2 Å². The third-order valence-electron chi connectivity index (χ3n) is 3.29. The van der Waals surface area contributed by atoms with E-state index in [1.54, 1.807) is 0 Å². The minimum absolute atomic E-state index is 0.0732. The highest BCUT2D eigenvalue weighted by Gasteiger charge is 2.16. The highest BCUT2D eigenvalue weighted by atomic mass is 16.5. The van der Waals surface area contributed by atoms with E-state index in [1.165, 1.54) is 11.1 Å². The van der Waals surface area contributed by atoms with Gasteiger partial charge >= 0.3 is 0 Å². The molecule has 0 aliphatic carbocycles. The van der Waals surface area contributed by atoms with Gasteiger partial charge in [-0.25, -0.2) is 0 Å². The Hall–Kier alpha value is -1.72. The molecule has 0 spiro atoms. The van der Waals surface area contributed by atoms with E-state index in [4.69, 9.17) is 9.15 Å². The molecule has 3 rings (SSSR count). The Morgan fingerprint density at radius 2 is 2.11 bits per heavy atom. The van der Waals surface area contributed by atoms with Gasteiger partial charge in [-0.1, -0.05) is 13.0 Å². The van der Waals surface area contributed by atoms with Crippen molar-refractivity contribution in [2.45, 2.75) is 33.1 Å². The lowest BCUT2D eigenvalue weighted by molar-refractivity contribution is 0.134. The number of rotatable bonds is 4. The molecule has 0 saturated heterocycles. The second-order valence-corrected chi connectivity index (χ2v) is 4.70. The van der Waals surface area contributed by atoms with Crippen LogP contribution in [0.25, 0.3) is 11.5 Å². The van der Waals surface area contributed by atoms with Crippen molar-refractivity contribution >= 4 is 0 Å². The Kier molecular flexibility index (Phi) is 3.31. The zero-order chi connectivity index (χ0) is 13.2. The van der Waals surface area contributed by atoms with Crippen LogP contribution in [0, 0.1) is 0 Å². The molecule has 1 N–H and O–H groups in total. The Bertz CT molecular complexity index is 580. The van der Waals surface area contributed by atoms with Crippen LogP contribution in [-0.4, -0.2) is 16.7 Å².